The van der Waals surface area contributed by atoms with Crippen molar-refractivity contribution in [3.63, 3.8) is 0 Å². The molecule has 4 rings (SSSR count). The molecule has 4 aromatic rings. The summed E-state index contributed by atoms with van der Waals surface area (Å²) in [6, 6.07) is 26.4. The maximum Gasteiger partial charge on any atom is 0.251 e. The van der Waals surface area contributed by atoms with Crippen LogP contribution in [0.3, 0.4) is 0 Å². The highest BCUT2D eigenvalue weighted by atomic mass is 16.1. The van der Waals surface area contributed by atoms with E-state index in [2.05, 4.69) is 40.2 Å². The van der Waals surface area contributed by atoms with E-state index < -0.39 is 0 Å². The number of imidazole rings is 1. The summed E-state index contributed by atoms with van der Waals surface area (Å²) in [5.41, 5.74) is 5.23. The molecule has 0 aliphatic rings. The number of nitrogens with zero attached hydrogens (tertiary/aromatic N) is 2. The van der Waals surface area contributed by atoms with E-state index in [1.54, 1.807) is 0 Å². The number of carbonyl (C=O) groups is 1. The molecule has 1 aromatic heterocycles. The molecule has 29 heavy (non-hydrogen) atoms. The average molecular weight is 383 g/mol. The molecular weight excluding hydrogens is 358 g/mol. The van der Waals surface area contributed by atoms with E-state index in [1.165, 1.54) is 5.56 Å². The number of rotatable bonds is 7. The van der Waals surface area contributed by atoms with Crippen LogP contribution >= 0.6 is 0 Å². The zero-order valence-corrected chi connectivity index (χ0v) is 16.6. The van der Waals surface area contributed by atoms with Gasteiger partial charge in [0.15, 0.2) is 0 Å². The van der Waals surface area contributed by atoms with Crippen LogP contribution in [-0.4, -0.2) is 22.0 Å². The van der Waals surface area contributed by atoms with Crippen LogP contribution in [0, 0.1) is 6.92 Å². The maximum absolute atomic E-state index is 12.4. The third-order valence-electron chi connectivity index (χ3n) is 5.11. The Kier molecular flexibility index (Phi) is 5.71. The SMILES string of the molecule is Cc1cccc(C(=O)NCCc2nc3ccccc3n2CCc2ccccc2)c1. The van der Waals surface area contributed by atoms with Gasteiger partial charge in [0, 0.05) is 25.1 Å². The predicted molar refractivity (Wildman–Crippen MR) is 117 cm³/mol. The van der Waals surface area contributed by atoms with Crippen molar-refractivity contribution in [1.82, 2.24) is 14.9 Å². The van der Waals surface area contributed by atoms with E-state index >= 15 is 0 Å². The first-order chi connectivity index (χ1) is 14.2. The first-order valence-electron chi connectivity index (χ1n) is 10.0. The van der Waals surface area contributed by atoms with Gasteiger partial charge in [0.1, 0.15) is 5.82 Å². The molecule has 0 bridgehead atoms. The Morgan fingerprint density at radius 3 is 2.55 bits per heavy atom. The van der Waals surface area contributed by atoms with Crippen molar-refractivity contribution in [2.75, 3.05) is 6.54 Å². The fourth-order valence-electron chi connectivity index (χ4n) is 3.63. The van der Waals surface area contributed by atoms with Crippen LogP contribution in [0.4, 0.5) is 0 Å². The Balaban J connectivity index is 1.47. The lowest BCUT2D eigenvalue weighted by atomic mass is 10.1. The number of benzene rings is 3. The topological polar surface area (TPSA) is 46.9 Å². The zero-order valence-electron chi connectivity index (χ0n) is 16.6. The van der Waals surface area contributed by atoms with Crippen LogP contribution in [0.5, 0.6) is 0 Å². The van der Waals surface area contributed by atoms with Gasteiger partial charge in [0.05, 0.1) is 11.0 Å². The van der Waals surface area contributed by atoms with Crippen molar-refractivity contribution in [2.45, 2.75) is 26.3 Å². The molecule has 0 aliphatic carbocycles. The van der Waals surface area contributed by atoms with Crippen LogP contribution in [0.1, 0.15) is 27.3 Å². The van der Waals surface area contributed by atoms with Crippen LogP contribution in [-0.2, 0) is 19.4 Å². The second kappa shape index (κ2) is 8.74. The average Bonchev–Trinajstić information content (AvgIpc) is 3.10. The first kappa shape index (κ1) is 18.9. The zero-order chi connectivity index (χ0) is 20.1. The lowest BCUT2D eigenvalue weighted by Crippen LogP contribution is -2.26. The van der Waals surface area contributed by atoms with Crippen molar-refractivity contribution in [3.05, 3.63) is 101 Å². The molecule has 0 saturated carbocycles. The largest absolute Gasteiger partial charge is 0.352 e. The van der Waals surface area contributed by atoms with Gasteiger partial charge in [0.25, 0.3) is 5.91 Å². The van der Waals surface area contributed by atoms with Gasteiger partial charge in [-0.25, -0.2) is 4.98 Å². The van der Waals surface area contributed by atoms with Crippen LogP contribution in [0.25, 0.3) is 11.0 Å². The molecule has 1 amide bonds. The molecule has 0 aliphatic heterocycles. The molecular formula is C25H25N3O. The van der Waals surface area contributed by atoms with E-state index in [-0.39, 0.29) is 5.91 Å². The van der Waals surface area contributed by atoms with Gasteiger partial charge >= 0.3 is 0 Å². The summed E-state index contributed by atoms with van der Waals surface area (Å²) in [6.07, 6.45) is 1.64. The molecule has 3 aromatic carbocycles. The minimum atomic E-state index is -0.0411. The molecule has 4 heteroatoms. The van der Waals surface area contributed by atoms with Gasteiger partial charge in [0.2, 0.25) is 0 Å². The highest BCUT2D eigenvalue weighted by Gasteiger charge is 2.11. The van der Waals surface area contributed by atoms with E-state index in [0.717, 1.165) is 35.4 Å². The van der Waals surface area contributed by atoms with Crippen molar-refractivity contribution in [3.8, 4) is 0 Å². The van der Waals surface area contributed by atoms with Crippen molar-refractivity contribution >= 4 is 16.9 Å². The Bertz CT molecular complexity index is 1120. The Morgan fingerprint density at radius 1 is 0.931 bits per heavy atom. The van der Waals surface area contributed by atoms with Crippen LogP contribution in [0.2, 0.25) is 0 Å². The number of hydrogen-bond donors (Lipinski definition) is 1. The molecule has 1 heterocycles. The molecule has 0 atom stereocenters. The molecule has 0 unspecified atom stereocenters. The Labute approximate surface area is 171 Å². The Morgan fingerprint density at radius 2 is 1.72 bits per heavy atom. The standard InChI is InChI=1S/C25H25N3O/c1-19-8-7-11-21(18-19)25(29)26-16-14-24-27-22-12-5-6-13-23(22)28(24)17-15-20-9-3-2-4-10-20/h2-13,18H,14-17H2,1H3,(H,26,29). The summed E-state index contributed by atoms with van der Waals surface area (Å²) < 4.78 is 2.28. The van der Waals surface area contributed by atoms with Gasteiger partial charge in [-0.3, -0.25) is 4.79 Å². The summed E-state index contributed by atoms with van der Waals surface area (Å²) in [5.74, 6) is 0.965. The second-order valence-electron chi connectivity index (χ2n) is 7.28. The lowest BCUT2D eigenvalue weighted by molar-refractivity contribution is 0.0954. The fraction of sp³-hybridized carbons (Fsp3) is 0.200. The summed E-state index contributed by atoms with van der Waals surface area (Å²) in [5, 5.41) is 3.03. The van der Waals surface area contributed by atoms with Gasteiger partial charge in [-0.2, -0.15) is 0 Å². The number of carbonyl (C=O) groups excluding carboxylic acids is 1. The van der Waals surface area contributed by atoms with Gasteiger partial charge in [-0.1, -0.05) is 60.2 Å². The fourth-order valence-corrected chi connectivity index (χ4v) is 3.63. The minimum absolute atomic E-state index is 0.0411. The Hall–Kier alpha value is -3.40. The van der Waals surface area contributed by atoms with E-state index in [0.29, 0.717) is 18.5 Å². The highest BCUT2D eigenvalue weighted by Crippen LogP contribution is 2.17. The van der Waals surface area contributed by atoms with Gasteiger partial charge in [-0.15, -0.1) is 0 Å². The normalized spacial score (nSPS) is 10.9. The summed E-state index contributed by atoms with van der Waals surface area (Å²) in [4.78, 5) is 17.2. The molecule has 0 saturated heterocycles. The monoisotopic (exact) mass is 383 g/mol. The number of amides is 1. The number of fused-ring (bicyclic) bond motifs is 1. The number of aryl methyl sites for hydroxylation is 3. The smallest absolute Gasteiger partial charge is 0.251 e. The first-order valence-corrected chi connectivity index (χ1v) is 10.0. The van der Waals surface area contributed by atoms with Crippen molar-refractivity contribution < 1.29 is 4.79 Å². The second-order valence-corrected chi connectivity index (χ2v) is 7.28. The van der Waals surface area contributed by atoms with E-state index in [4.69, 9.17) is 4.98 Å². The van der Waals surface area contributed by atoms with E-state index in [9.17, 15) is 4.79 Å². The summed E-state index contributed by atoms with van der Waals surface area (Å²) >= 11 is 0. The number of nitrogens with one attached hydrogen (secondary N) is 1. The predicted octanol–water partition coefficient (Wildman–Crippen LogP) is 4.56. The van der Waals surface area contributed by atoms with Crippen LogP contribution in [0.15, 0.2) is 78.9 Å². The van der Waals surface area contributed by atoms with Crippen LogP contribution < -0.4 is 5.32 Å². The third-order valence-corrected chi connectivity index (χ3v) is 5.11. The quantitative estimate of drug-likeness (QED) is 0.508. The molecule has 146 valence electrons. The third kappa shape index (κ3) is 4.54. The summed E-state index contributed by atoms with van der Waals surface area (Å²) in [6.45, 7) is 3.42. The number of hydrogen-bond acceptors (Lipinski definition) is 2. The molecule has 4 nitrogen and oxygen atoms in total. The van der Waals surface area contributed by atoms with Gasteiger partial charge in [-0.05, 0) is 43.2 Å². The molecule has 0 spiro atoms. The number of aromatic nitrogens is 2. The minimum Gasteiger partial charge on any atom is -0.352 e. The van der Waals surface area contributed by atoms with Gasteiger partial charge < -0.3 is 9.88 Å². The summed E-state index contributed by atoms with van der Waals surface area (Å²) in [7, 11) is 0. The van der Waals surface area contributed by atoms with E-state index in [1.807, 2.05) is 55.5 Å². The number of para-hydroxylation sites is 2. The molecule has 1 N–H and O–H groups in total. The highest BCUT2D eigenvalue weighted by molar-refractivity contribution is 5.94. The maximum atomic E-state index is 12.4. The molecule has 0 radical (unpaired) electrons. The van der Waals surface area contributed by atoms with Crippen molar-refractivity contribution in [1.29, 1.82) is 0 Å². The lowest BCUT2D eigenvalue weighted by Gasteiger charge is -2.10. The van der Waals surface area contributed by atoms with Crippen molar-refractivity contribution in [2.24, 2.45) is 0 Å². The molecule has 0 fully saturated rings.